The number of esters is 1. The van der Waals surface area contributed by atoms with Crippen molar-refractivity contribution in [1.82, 2.24) is 0 Å². The van der Waals surface area contributed by atoms with Crippen molar-refractivity contribution in [3.05, 3.63) is 11.6 Å². The van der Waals surface area contributed by atoms with E-state index in [1.807, 2.05) is 6.92 Å². The Labute approximate surface area is 561 Å². The molecule has 5 aliphatic carbocycles. The second-order valence-electron chi connectivity index (χ2n) is 31.1. The lowest BCUT2D eigenvalue weighted by Crippen LogP contribution is -2.68. The highest BCUT2D eigenvalue weighted by atomic mass is 16.8. The van der Waals surface area contributed by atoms with Crippen LogP contribution >= 0.6 is 0 Å². The highest BCUT2D eigenvalue weighted by Crippen LogP contribution is 2.76. The molecule has 39 atom stereocenters. The minimum atomic E-state index is -2.05. The van der Waals surface area contributed by atoms with Gasteiger partial charge in [0.05, 0.1) is 56.3 Å². The average molecular weight is 1400 g/mol. The lowest BCUT2D eigenvalue weighted by molar-refractivity contribution is -0.390. The Morgan fingerprint density at radius 2 is 1.03 bits per heavy atom. The summed E-state index contributed by atoms with van der Waals surface area (Å²) in [6.07, 6.45) is -43.0. The van der Waals surface area contributed by atoms with E-state index in [4.69, 9.17) is 56.8 Å². The van der Waals surface area contributed by atoms with Gasteiger partial charge in [0.25, 0.3) is 0 Å². The summed E-state index contributed by atoms with van der Waals surface area (Å²) >= 11 is 0. The highest BCUT2D eigenvalue weighted by Gasteiger charge is 2.72. The molecule has 19 N–H and O–H groups in total. The zero-order valence-electron chi connectivity index (χ0n) is 55.9. The molecule has 558 valence electrons. The second-order valence-corrected chi connectivity index (χ2v) is 31.1. The van der Waals surface area contributed by atoms with Gasteiger partial charge >= 0.3 is 5.97 Å². The van der Waals surface area contributed by atoms with E-state index in [0.717, 1.165) is 18.4 Å². The second kappa shape index (κ2) is 28.5. The molecule has 6 heterocycles. The average Bonchev–Trinajstić information content (AvgIpc) is 0.671. The Morgan fingerprint density at radius 1 is 0.495 bits per heavy atom. The van der Waals surface area contributed by atoms with Crippen LogP contribution in [0.3, 0.4) is 0 Å². The molecule has 32 nitrogen and oxygen atoms in total. The van der Waals surface area contributed by atoms with Crippen molar-refractivity contribution in [2.45, 2.75) is 303 Å². The first kappa shape index (κ1) is 76.1. The van der Waals surface area contributed by atoms with E-state index in [9.17, 15) is 97.0 Å². The summed E-state index contributed by atoms with van der Waals surface area (Å²) in [4.78, 5) is 15.3. The third kappa shape index (κ3) is 12.8. The van der Waals surface area contributed by atoms with E-state index < -0.39 is 250 Å². The van der Waals surface area contributed by atoms with E-state index in [-0.39, 0.29) is 36.2 Å². The lowest BCUT2D eigenvalue weighted by atomic mass is 9.33. The topological polar surface area (TPSA) is 512 Å². The zero-order valence-corrected chi connectivity index (χ0v) is 55.9. The number of allylic oxidation sites excluding steroid dienone is 1. The maximum absolute atomic E-state index is 15.3. The van der Waals surface area contributed by atoms with Crippen molar-refractivity contribution in [3.63, 3.8) is 0 Å². The molecule has 0 aromatic rings. The number of carbonyl (C=O) groups excluding carboxylic acids is 1. The number of hydrogen-bond donors (Lipinski definition) is 19. The predicted octanol–water partition coefficient (Wildman–Crippen LogP) is -5.75. The maximum Gasteiger partial charge on any atom is 0.315 e. The quantitative estimate of drug-likeness (QED) is 0.0389. The number of fused-ring (bicyclic) bond motifs is 7. The maximum atomic E-state index is 15.3. The Kier molecular flexibility index (Phi) is 22.4. The van der Waals surface area contributed by atoms with Crippen LogP contribution in [0.4, 0.5) is 0 Å². The third-order valence-corrected chi connectivity index (χ3v) is 25.6. The molecule has 6 aliphatic heterocycles. The predicted molar refractivity (Wildman–Crippen MR) is 322 cm³/mol. The fourth-order valence-electron chi connectivity index (χ4n) is 19.3. The standard InChI is InChI=1S/C65H106O32/c1-24-11-16-65(59(84)97-56-46(81)42(77)39(74)31(92-56)23-87-53-44(79)40(75)37(72)28(19-66)89-53)18-17-62(6)26(52(65)64(24,8)85)9-10-33-61(5)14-13-34(60(3,4)32(61)12-15-63(33,62)7)93-58-51(36(71)27(69)22-86-58)96-57-48(83)50(35(70)25(2)88-57)95-55-47(82)43(78)49(30(21-68)91-55)94-54-45(80)41(76)38(73)29(20-67)90-54/h9,24-25,27-58,66-83,85H,10-23H2,1-8H3/t24-,25+,27-,28-,29-,30-,31-,32+,33-,34+,35+,36+,37-,38-,39-,40+,41+,42+,43-,44-,45-,46-,47-,48-,49-,50-,51-,52-,53-,54+,55+,56+,57+,58+,61+,62-,63-,64-,65+/m1/s1. The molecule has 11 rings (SSSR count). The molecule has 97 heavy (non-hydrogen) atoms. The van der Waals surface area contributed by atoms with Crippen molar-refractivity contribution in [2.75, 3.05) is 33.0 Å². The van der Waals surface area contributed by atoms with Gasteiger partial charge in [-0.05, 0) is 111 Å². The molecule has 0 aromatic heterocycles. The molecule has 11 aliphatic rings. The molecule has 4 saturated carbocycles. The summed E-state index contributed by atoms with van der Waals surface area (Å²) in [6.45, 7) is 12.8. The van der Waals surface area contributed by atoms with Crippen molar-refractivity contribution in [1.29, 1.82) is 0 Å². The van der Waals surface area contributed by atoms with Crippen molar-refractivity contribution in [2.24, 2.45) is 50.7 Å². The first-order valence-electron chi connectivity index (χ1n) is 34.3. The van der Waals surface area contributed by atoms with Gasteiger partial charge in [0.1, 0.15) is 134 Å². The summed E-state index contributed by atoms with van der Waals surface area (Å²) in [5.41, 5.74) is -3.75. The molecule has 6 saturated heterocycles. The van der Waals surface area contributed by atoms with Crippen LogP contribution in [0.5, 0.6) is 0 Å². The minimum absolute atomic E-state index is 0.0196. The van der Waals surface area contributed by atoms with Crippen LogP contribution in [0.1, 0.15) is 113 Å². The van der Waals surface area contributed by atoms with E-state index in [1.165, 1.54) is 6.92 Å². The summed E-state index contributed by atoms with van der Waals surface area (Å²) in [5.74, 6) is -1.72. The summed E-state index contributed by atoms with van der Waals surface area (Å²) < 4.78 is 71.3. The number of ether oxygens (including phenoxy) is 12. The van der Waals surface area contributed by atoms with Gasteiger partial charge in [0, 0.05) is 5.92 Å². The van der Waals surface area contributed by atoms with Gasteiger partial charge in [0.15, 0.2) is 31.5 Å². The van der Waals surface area contributed by atoms with Crippen LogP contribution in [0, 0.1) is 50.7 Å². The van der Waals surface area contributed by atoms with E-state index in [2.05, 4.69) is 40.7 Å². The van der Waals surface area contributed by atoms with Crippen LogP contribution in [0.15, 0.2) is 11.6 Å². The van der Waals surface area contributed by atoms with Crippen molar-refractivity contribution < 1.29 is 159 Å². The van der Waals surface area contributed by atoms with Gasteiger partial charge in [-0.25, -0.2) is 0 Å². The molecule has 0 bridgehead atoms. The van der Waals surface area contributed by atoms with Gasteiger partial charge in [-0.1, -0.05) is 53.2 Å². The van der Waals surface area contributed by atoms with Crippen LogP contribution in [-0.2, 0) is 61.6 Å². The largest absolute Gasteiger partial charge is 0.432 e. The monoisotopic (exact) mass is 1400 g/mol. The van der Waals surface area contributed by atoms with Gasteiger partial charge in [-0.3, -0.25) is 4.79 Å². The Bertz CT molecular complexity index is 2730. The normalized spacial score (nSPS) is 55.5. The number of carbonyl (C=O) groups is 1. The number of aliphatic hydroxyl groups is 19. The Hall–Kier alpha value is -1.99. The van der Waals surface area contributed by atoms with Crippen LogP contribution < -0.4 is 0 Å². The molecule has 0 unspecified atom stereocenters. The minimum Gasteiger partial charge on any atom is -0.432 e. The highest BCUT2D eigenvalue weighted by molar-refractivity contribution is 5.79. The number of aliphatic hydroxyl groups excluding tert-OH is 18. The van der Waals surface area contributed by atoms with E-state index in [0.29, 0.717) is 38.5 Å². The lowest BCUT2D eigenvalue weighted by Gasteiger charge is -2.72. The molecular weight excluding hydrogens is 1290 g/mol. The van der Waals surface area contributed by atoms with Gasteiger partial charge in [-0.15, -0.1) is 0 Å². The number of hydrogen-bond acceptors (Lipinski definition) is 32. The molecule has 0 aromatic carbocycles. The van der Waals surface area contributed by atoms with Gasteiger partial charge < -0.3 is 154 Å². The zero-order chi connectivity index (χ0) is 70.9. The fraction of sp³-hybridized carbons (Fsp3) is 0.954. The van der Waals surface area contributed by atoms with Crippen molar-refractivity contribution in [3.8, 4) is 0 Å². The smallest absolute Gasteiger partial charge is 0.315 e. The molecular formula is C65H106O32. The summed E-state index contributed by atoms with van der Waals surface area (Å²) in [6, 6.07) is 0. The summed E-state index contributed by atoms with van der Waals surface area (Å²) in [7, 11) is 0. The van der Waals surface area contributed by atoms with E-state index in [1.54, 1.807) is 6.92 Å². The SMILES string of the molecule is C[C@@H]1O[C@@H](O[C@H]2[C@H](O[C@H]3CC[C@]4(C)[C@H]5CC=C6[C@H]7[C@](C(=O)O[C@@H]8O[C@H](CO[C@@H]9O[C@H](CO)[C@@H](O)[C@H](O)[C@H]9O)[C@@H](O)[C@H](O)[C@H]8O)(CC[C@@H](C)[C@@]7(C)O)CC[C@@]6(C)[C@]5(C)CC[C@H]4C3(C)C)OC[C@@H](O)[C@@H]2O)[C@H](O)[C@H](O[C@@H]2O[C@H](CO)[C@@H](O[C@@H]3O[C@H](CO)[C@@H](O)[C@H](O)[C@H]3O)[C@H](O)[C@H]2O)[C@H]1O. The first-order chi connectivity index (χ1) is 45.5. The first-order valence-corrected chi connectivity index (χ1v) is 34.3. The Morgan fingerprint density at radius 3 is 1.66 bits per heavy atom. The molecule has 0 amide bonds. The van der Waals surface area contributed by atoms with Crippen LogP contribution in [0.25, 0.3) is 0 Å². The third-order valence-electron chi connectivity index (χ3n) is 25.6. The van der Waals surface area contributed by atoms with Crippen LogP contribution in [-0.4, -0.2) is 326 Å². The Balaban J connectivity index is 0.772. The molecule has 0 radical (unpaired) electrons. The number of rotatable bonds is 16. The van der Waals surface area contributed by atoms with Crippen LogP contribution in [0.2, 0.25) is 0 Å². The van der Waals surface area contributed by atoms with Crippen molar-refractivity contribution >= 4 is 5.97 Å². The van der Waals surface area contributed by atoms with Gasteiger partial charge in [0.2, 0.25) is 6.29 Å². The van der Waals surface area contributed by atoms with E-state index >= 15 is 4.79 Å². The molecule has 0 spiro atoms. The molecule has 10 fully saturated rings. The summed E-state index contributed by atoms with van der Waals surface area (Å²) in [5, 5.41) is 207. The molecule has 32 heteroatoms. The fourth-order valence-corrected chi connectivity index (χ4v) is 19.3. The van der Waals surface area contributed by atoms with Gasteiger partial charge in [-0.2, -0.15) is 0 Å².